The smallest absolute Gasteiger partial charge is 0.256 e. The molecule has 2 aromatic carbocycles. The molecule has 0 aliphatic carbocycles. The van der Waals surface area contributed by atoms with Crippen LogP contribution >= 0.6 is 0 Å². The van der Waals surface area contributed by atoms with E-state index in [-0.39, 0.29) is 16.4 Å². The number of rotatable bonds is 4. The zero-order chi connectivity index (χ0) is 23.2. The zero-order valence-corrected chi connectivity index (χ0v) is 18.4. The first-order chi connectivity index (χ1) is 15.8. The first-order valence-corrected chi connectivity index (χ1v) is 12.1. The van der Waals surface area contributed by atoms with Gasteiger partial charge in [0, 0.05) is 35.8 Å². The Morgan fingerprint density at radius 3 is 2.67 bits per heavy atom. The number of H-pyrrole nitrogens is 1. The summed E-state index contributed by atoms with van der Waals surface area (Å²) >= 11 is 0. The molecule has 11 heteroatoms. The summed E-state index contributed by atoms with van der Waals surface area (Å²) in [7, 11) is -3.41. The highest BCUT2D eigenvalue weighted by atomic mass is 32.2. The fourth-order valence-corrected chi connectivity index (χ4v) is 4.48. The van der Waals surface area contributed by atoms with E-state index in [9.17, 15) is 17.6 Å². The Bertz CT molecular complexity index is 1500. The lowest BCUT2D eigenvalue weighted by atomic mass is 10.1. The Kier molecular flexibility index (Phi) is 5.22. The van der Waals surface area contributed by atoms with Crippen molar-refractivity contribution in [3.05, 3.63) is 54.0 Å². The number of nitrogens with zero attached hydrogens (tertiary/aromatic N) is 3. The molecule has 1 amide bonds. The minimum absolute atomic E-state index is 0.0154. The molecule has 33 heavy (non-hydrogen) atoms. The lowest BCUT2D eigenvalue weighted by Crippen LogP contribution is -2.41. The number of nitrogens with one attached hydrogen (secondary N) is 2. The number of sulfone groups is 1. The van der Waals surface area contributed by atoms with Gasteiger partial charge in [-0.25, -0.2) is 17.8 Å². The molecule has 2 N–H and O–H groups in total. The van der Waals surface area contributed by atoms with Gasteiger partial charge in [-0.2, -0.15) is 5.10 Å². The van der Waals surface area contributed by atoms with Crippen molar-refractivity contribution in [3.63, 3.8) is 0 Å². The molecular weight excluding hydrogens is 449 g/mol. The lowest BCUT2D eigenvalue weighted by Gasteiger charge is -2.27. The number of aromatic amines is 1. The van der Waals surface area contributed by atoms with Crippen LogP contribution in [0.2, 0.25) is 0 Å². The number of anilines is 2. The van der Waals surface area contributed by atoms with Gasteiger partial charge >= 0.3 is 0 Å². The third-order valence-electron chi connectivity index (χ3n) is 5.56. The summed E-state index contributed by atoms with van der Waals surface area (Å²) in [4.78, 5) is 18.9. The van der Waals surface area contributed by atoms with Crippen molar-refractivity contribution in [2.75, 3.05) is 37.9 Å². The fourth-order valence-electron chi connectivity index (χ4n) is 3.84. The molecule has 0 spiro atoms. The molecule has 0 atom stereocenters. The molecule has 1 aliphatic rings. The Morgan fingerprint density at radius 2 is 1.94 bits per heavy atom. The van der Waals surface area contributed by atoms with E-state index < -0.39 is 15.7 Å². The monoisotopic (exact) mass is 469 g/mol. The van der Waals surface area contributed by atoms with Crippen LogP contribution in [0.1, 0.15) is 10.4 Å². The van der Waals surface area contributed by atoms with Crippen LogP contribution in [0, 0.1) is 5.82 Å². The highest BCUT2D eigenvalue weighted by Gasteiger charge is 2.22. The van der Waals surface area contributed by atoms with E-state index in [0.29, 0.717) is 48.8 Å². The Balaban J connectivity index is 1.51. The van der Waals surface area contributed by atoms with Crippen LogP contribution < -0.4 is 5.32 Å². The van der Waals surface area contributed by atoms with Gasteiger partial charge in [-0.05, 0) is 30.3 Å². The van der Waals surface area contributed by atoms with Crippen LogP contribution in [0.15, 0.2) is 47.5 Å². The standard InChI is InChI=1S/C22H20FN5O4S/c1-33(30,31)14-3-5-15-17-12-24-27-20(17)21(26-19(15)11-14)25-13-2-4-16(18(23)10-13)22(29)28-6-8-32-9-7-28/h2-5,10-12H,6-9H2,1H3,(H,24,27)(H,25,26). The summed E-state index contributed by atoms with van der Waals surface area (Å²) in [6, 6.07) is 8.96. The van der Waals surface area contributed by atoms with Crippen LogP contribution in [-0.2, 0) is 14.6 Å². The first-order valence-electron chi connectivity index (χ1n) is 10.2. The lowest BCUT2D eigenvalue weighted by molar-refractivity contribution is 0.0300. The summed E-state index contributed by atoms with van der Waals surface area (Å²) < 4.78 is 44.0. The number of hydrogen-bond acceptors (Lipinski definition) is 7. The normalized spacial score (nSPS) is 14.7. The topological polar surface area (TPSA) is 117 Å². The predicted octanol–water partition coefficient (Wildman–Crippen LogP) is 2.87. The molecule has 1 fully saturated rings. The summed E-state index contributed by atoms with van der Waals surface area (Å²) in [6.45, 7) is 1.71. The maximum absolute atomic E-state index is 14.8. The van der Waals surface area contributed by atoms with Gasteiger partial charge in [0.05, 0.1) is 35.4 Å². The van der Waals surface area contributed by atoms with Gasteiger partial charge in [-0.15, -0.1) is 0 Å². The molecule has 170 valence electrons. The van der Waals surface area contributed by atoms with E-state index in [1.54, 1.807) is 23.2 Å². The van der Waals surface area contributed by atoms with Crippen molar-refractivity contribution in [1.29, 1.82) is 0 Å². The fraction of sp³-hybridized carbons (Fsp3) is 0.227. The summed E-state index contributed by atoms with van der Waals surface area (Å²) in [5, 5.41) is 11.5. The molecule has 3 heterocycles. The Hall–Kier alpha value is -3.57. The van der Waals surface area contributed by atoms with Gasteiger partial charge < -0.3 is 15.0 Å². The molecule has 2 aromatic heterocycles. The molecule has 0 bridgehead atoms. The number of amides is 1. The van der Waals surface area contributed by atoms with Crippen molar-refractivity contribution >= 4 is 49.1 Å². The predicted molar refractivity (Wildman–Crippen MR) is 121 cm³/mol. The van der Waals surface area contributed by atoms with E-state index in [0.717, 1.165) is 17.0 Å². The minimum atomic E-state index is -3.41. The quantitative estimate of drug-likeness (QED) is 0.472. The van der Waals surface area contributed by atoms with E-state index in [2.05, 4.69) is 20.5 Å². The van der Waals surface area contributed by atoms with Crippen molar-refractivity contribution < 1.29 is 22.3 Å². The number of fused-ring (bicyclic) bond motifs is 3. The van der Waals surface area contributed by atoms with Crippen molar-refractivity contribution in [2.24, 2.45) is 0 Å². The highest BCUT2D eigenvalue weighted by molar-refractivity contribution is 7.90. The molecule has 0 unspecified atom stereocenters. The number of pyridine rings is 1. The second kappa shape index (κ2) is 8.09. The Morgan fingerprint density at radius 1 is 1.15 bits per heavy atom. The number of benzene rings is 2. The number of carbonyl (C=O) groups is 1. The number of morpholine rings is 1. The van der Waals surface area contributed by atoms with Crippen LogP contribution in [0.25, 0.3) is 21.8 Å². The van der Waals surface area contributed by atoms with Gasteiger partial charge in [0.25, 0.3) is 5.91 Å². The third kappa shape index (κ3) is 4.00. The molecule has 1 aliphatic heterocycles. The molecule has 1 saturated heterocycles. The van der Waals surface area contributed by atoms with Gasteiger partial charge in [0.15, 0.2) is 15.7 Å². The first kappa shape index (κ1) is 21.3. The Labute approximate surface area is 188 Å². The summed E-state index contributed by atoms with van der Waals surface area (Å²) in [5.74, 6) is -0.680. The minimum Gasteiger partial charge on any atom is -0.378 e. The van der Waals surface area contributed by atoms with Gasteiger partial charge in [-0.3, -0.25) is 9.89 Å². The van der Waals surface area contributed by atoms with Crippen molar-refractivity contribution in [2.45, 2.75) is 4.90 Å². The second-order valence-corrected chi connectivity index (χ2v) is 9.81. The van der Waals surface area contributed by atoms with Crippen LogP contribution in [-0.4, -0.2) is 67.0 Å². The maximum Gasteiger partial charge on any atom is 0.256 e. The van der Waals surface area contributed by atoms with E-state index in [1.807, 2.05) is 0 Å². The van der Waals surface area contributed by atoms with Crippen molar-refractivity contribution in [1.82, 2.24) is 20.1 Å². The summed E-state index contributed by atoms with van der Waals surface area (Å²) in [5.41, 5.74) is 1.41. The molecular formula is C22H20FN5O4S. The van der Waals surface area contributed by atoms with Gasteiger partial charge in [0.1, 0.15) is 11.3 Å². The molecule has 9 nitrogen and oxygen atoms in total. The van der Waals surface area contributed by atoms with E-state index >= 15 is 0 Å². The van der Waals surface area contributed by atoms with Crippen LogP contribution in [0.3, 0.4) is 0 Å². The third-order valence-corrected chi connectivity index (χ3v) is 6.67. The molecule has 4 aromatic rings. The van der Waals surface area contributed by atoms with Gasteiger partial charge in [0.2, 0.25) is 0 Å². The average molecular weight is 469 g/mol. The molecule has 0 saturated carbocycles. The number of aromatic nitrogens is 3. The van der Waals surface area contributed by atoms with Crippen LogP contribution in [0.4, 0.5) is 15.9 Å². The zero-order valence-electron chi connectivity index (χ0n) is 17.6. The van der Waals surface area contributed by atoms with E-state index in [1.165, 1.54) is 24.3 Å². The molecule has 0 radical (unpaired) electrons. The van der Waals surface area contributed by atoms with E-state index in [4.69, 9.17) is 4.74 Å². The number of halogens is 1. The number of ether oxygens (including phenoxy) is 1. The SMILES string of the molecule is CS(=O)(=O)c1ccc2c(c1)nc(Nc1ccc(C(=O)N3CCOCC3)c(F)c1)c1[nH]ncc12. The van der Waals surface area contributed by atoms with Crippen molar-refractivity contribution in [3.8, 4) is 0 Å². The van der Waals surface area contributed by atoms with Crippen LogP contribution in [0.5, 0.6) is 0 Å². The average Bonchev–Trinajstić information content (AvgIpc) is 3.29. The number of hydrogen-bond donors (Lipinski definition) is 2. The molecule has 5 rings (SSSR count). The largest absolute Gasteiger partial charge is 0.378 e. The highest BCUT2D eigenvalue weighted by Crippen LogP contribution is 2.31. The second-order valence-electron chi connectivity index (χ2n) is 7.79. The maximum atomic E-state index is 14.8. The summed E-state index contributed by atoms with van der Waals surface area (Å²) in [6.07, 6.45) is 2.75. The number of carbonyl (C=O) groups excluding carboxylic acids is 1. The van der Waals surface area contributed by atoms with Gasteiger partial charge in [-0.1, -0.05) is 6.07 Å².